The first-order chi connectivity index (χ1) is 5.69. The summed E-state index contributed by atoms with van der Waals surface area (Å²) >= 11 is 11.6. The maximum atomic E-state index is 5.87. The fourth-order valence-electron chi connectivity index (χ4n) is 0.960. The SMILES string of the molecule is COc1cc(Cl)cc(Cl)c1CN. The molecule has 12 heavy (non-hydrogen) atoms. The summed E-state index contributed by atoms with van der Waals surface area (Å²) in [6.07, 6.45) is 0. The van der Waals surface area contributed by atoms with E-state index >= 15 is 0 Å². The van der Waals surface area contributed by atoms with Crippen LogP contribution in [-0.2, 0) is 6.54 Å². The molecule has 1 rings (SSSR count). The van der Waals surface area contributed by atoms with E-state index < -0.39 is 0 Å². The fraction of sp³-hybridized carbons (Fsp3) is 0.250. The van der Waals surface area contributed by atoms with Crippen molar-refractivity contribution in [2.24, 2.45) is 5.73 Å². The Bertz CT molecular complexity index is 289. The van der Waals surface area contributed by atoms with Gasteiger partial charge in [-0.1, -0.05) is 23.2 Å². The third-order valence-electron chi connectivity index (χ3n) is 1.54. The summed E-state index contributed by atoms with van der Waals surface area (Å²) in [5, 5.41) is 1.09. The van der Waals surface area contributed by atoms with Crippen LogP contribution in [0.2, 0.25) is 10.0 Å². The molecule has 4 heteroatoms. The van der Waals surface area contributed by atoms with Crippen molar-refractivity contribution >= 4 is 23.2 Å². The molecule has 0 aromatic heterocycles. The zero-order valence-electron chi connectivity index (χ0n) is 6.60. The smallest absolute Gasteiger partial charge is 0.126 e. The quantitative estimate of drug-likeness (QED) is 0.806. The van der Waals surface area contributed by atoms with E-state index in [1.54, 1.807) is 19.2 Å². The number of methoxy groups -OCH3 is 1. The topological polar surface area (TPSA) is 35.2 Å². The van der Waals surface area contributed by atoms with Gasteiger partial charge in [0.15, 0.2) is 0 Å². The van der Waals surface area contributed by atoms with Gasteiger partial charge in [-0.3, -0.25) is 0 Å². The minimum absolute atomic E-state index is 0.346. The zero-order valence-corrected chi connectivity index (χ0v) is 8.12. The Hall–Kier alpha value is -0.440. The summed E-state index contributed by atoms with van der Waals surface area (Å²) in [5.74, 6) is 0.634. The fourth-order valence-corrected chi connectivity index (χ4v) is 1.51. The lowest BCUT2D eigenvalue weighted by atomic mass is 10.2. The zero-order chi connectivity index (χ0) is 9.14. The second kappa shape index (κ2) is 3.99. The highest BCUT2D eigenvalue weighted by atomic mass is 35.5. The molecule has 0 saturated carbocycles. The number of ether oxygens (including phenoxy) is 1. The predicted molar refractivity (Wildman–Crippen MR) is 50.9 cm³/mol. The Balaban J connectivity index is 3.24. The van der Waals surface area contributed by atoms with Crippen LogP contribution < -0.4 is 10.5 Å². The molecular weight excluding hydrogens is 197 g/mol. The molecule has 0 amide bonds. The third kappa shape index (κ3) is 1.83. The van der Waals surface area contributed by atoms with Crippen molar-refractivity contribution in [1.29, 1.82) is 0 Å². The van der Waals surface area contributed by atoms with Crippen LogP contribution in [0.15, 0.2) is 12.1 Å². The van der Waals surface area contributed by atoms with E-state index in [0.717, 1.165) is 5.56 Å². The standard InChI is InChI=1S/C8H9Cl2NO/c1-12-8-3-5(9)2-7(10)6(8)4-11/h2-3H,4,11H2,1H3. The summed E-state index contributed by atoms with van der Waals surface area (Å²) in [5.41, 5.74) is 6.25. The minimum Gasteiger partial charge on any atom is -0.496 e. The highest BCUT2D eigenvalue weighted by Gasteiger charge is 2.07. The molecular formula is C8H9Cl2NO. The Kier molecular flexibility index (Phi) is 3.20. The molecule has 0 aliphatic heterocycles. The molecule has 66 valence electrons. The lowest BCUT2D eigenvalue weighted by Gasteiger charge is -2.08. The van der Waals surface area contributed by atoms with Crippen molar-refractivity contribution in [1.82, 2.24) is 0 Å². The van der Waals surface area contributed by atoms with Crippen LogP contribution in [0.25, 0.3) is 0 Å². The first kappa shape index (κ1) is 9.65. The van der Waals surface area contributed by atoms with Crippen LogP contribution in [0.5, 0.6) is 5.75 Å². The molecule has 0 fully saturated rings. The lowest BCUT2D eigenvalue weighted by molar-refractivity contribution is 0.410. The first-order valence-corrected chi connectivity index (χ1v) is 4.16. The predicted octanol–water partition coefficient (Wildman–Crippen LogP) is 2.46. The molecule has 0 saturated heterocycles. The van der Waals surface area contributed by atoms with Crippen LogP contribution in [-0.4, -0.2) is 7.11 Å². The largest absolute Gasteiger partial charge is 0.496 e. The highest BCUT2D eigenvalue weighted by molar-refractivity contribution is 6.35. The molecule has 1 aromatic carbocycles. The van der Waals surface area contributed by atoms with Crippen molar-refractivity contribution in [2.75, 3.05) is 7.11 Å². The van der Waals surface area contributed by atoms with E-state index in [2.05, 4.69) is 0 Å². The van der Waals surface area contributed by atoms with E-state index in [1.165, 1.54) is 0 Å². The third-order valence-corrected chi connectivity index (χ3v) is 2.10. The van der Waals surface area contributed by atoms with Crippen LogP contribution >= 0.6 is 23.2 Å². The van der Waals surface area contributed by atoms with Gasteiger partial charge in [-0.15, -0.1) is 0 Å². The summed E-state index contributed by atoms with van der Waals surface area (Å²) in [6.45, 7) is 0.346. The molecule has 0 aliphatic carbocycles. The van der Waals surface area contributed by atoms with Crippen LogP contribution in [0, 0.1) is 0 Å². The number of nitrogens with two attached hydrogens (primary N) is 1. The van der Waals surface area contributed by atoms with E-state index in [0.29, 0.717) is 22.3 Å². The number of hydrogen-bond donors (Lipinski definition) is 1. The molecule has 0 aliphatic rings. The maximum absolute atomic E-state index is 5.87. The summed E-state index contributed by atoms with van der Waals surface area (Å²) in [7, 11) is 1.56. The highest BCUT2D eigenvalue weighted by Crippen LogP contribution is 2.30. The number of halogens is 2. The monoisotopic (exact) mass is 205 g/mol. The summed E-state index contributed by atoms with van der Waals surface area (Å²) < 4.78 is 5.05. The molecule has 2 nitrogen and oxygen atoms in total. The maximum Gasteiger partial charge on any atom is 0.126 e. The first-order valence-electron chi connectivity index (χ1n) is 3.41. The van der Waals surface area contributed by atoms with Gasteiger partial charge in [0.05, 0.1) is 12.1 Å². The van der Waals surface area contributed by atoms with Gasteiger partial charge >= 0.3 is 0 Å². The van der Waals surface area contributed by atoms with E-state index in [1.807, 2.05) is 0 Å². The van der Waals surface area contributed by atoms with Crippen LogP contribution in [0.1, 0.15) is 5.56 Å². The molecule has 0 unspecified atom stereocenters. The molecule has 1 aromatic rings. The van der Waals surface area contributed by atoms with Crippen molar-refractivity contribution < 1.29 is 4.74 Å². The normalized spacial score (nSPS) is 10.0. The summed E-state index contributed by atoms with van der Waals surface area (Å²) in [4.78, 5) is 0. The molecule has 0 radical (unpaired) electrons. The van der Waals surface area contributed by atoms with Crippen molar-refractivity contribution in [3.8, 4) is 5.75 Å². The Morgan fingerprint density at radius 1 is 1.42 bits per heavy atom. The molecule has 0 heterocycles. The Morgan fingerprint density at radius 3 is 2.58 bits per heavy atom. The lowest BCUT2D eigenvalue weighted by Crippen LogP contribution is -2.00. The second-order valence-corrected chi connectivity index (χ2v) is 3.12. The van der Waals surface area contributed by atoms with Crippen molar-refractivity contribution in [2.45, 2.75) is 6.54 Å². The van der Waals surface area contributed by atoms with E-state index in [-0.39, 0.29) is 0 Å². The number of hydrogen-bond acceptors (Lipinski definition) is 2. The summed E-state index contributed by atoms with van der Waals surface area (Å²) in [6, 6.07) is 3.34. The molecule has 2 N–H and O–H groups in total. The van der Waals surface area contributed by atoms with Crippen LogP contribution in [0.4, 0.5) is 0 Å². The molecule has 0 bridgehead atoms. The van der Waals surface area contributed by atoms with Gasteiger partial charge in [0.2, 0.25) is 0 Å². The van der Waals surface area contributed by atoms with Gasteiger partial charge in [-0.05, 0) is 12.1 Å². The average Bonchev–Trinajstić information content (AvgIpc) is 2.03. The second-order valence-electron chi connectivity index (χ2n) is 2.27. The van der Waals surface area contributed by atoms with E-state index in [9.17, 15) is 0 Å². The van der Waals surface area contributed by atoms with Gasteiger partial charge in [-0.2, -0.15) is 0 Å². The molecule has 0 atom stereocenters. The van der Waals surface area contributed by atoms with E-state index in [4.69, 9.17) is 33.7 Å². The number of rotatable bonds is 2. The van der Waals surface area contributed by atoms with Gasteiger partial charge in [0, 0.05) is 17.1 Å². The van der Waals surface area contributed by atoms with Gasteiger partial charge in [0.1, 0.15) is 5.75 Å². The minimum atomic E-state index is 0.346. The number of benzene rings is 1. The van der Waals surface area contributed by atoms with Crippen LogP contribution in [0.3, 0.4) is 0 Å². The Morgan fingerprint density at radius 2 is 2.08 bits per heavy atom. The van der Waals surface area contributed by atoms with Crippen molar-refractivity contribution in [3.63, 3.8) is 0 Å². The average molecular weight is 206 g/mol. The van der Waals surface area contributed by atoms with Gasteiger partial charge < -0.3 is 10.5 Å². The Labute approximate surface area is 81.2 Å². The van der Waals surface area contributed by atoms with Gasteiger partial charge in [0.25, 0.3) is 0 Å². The van der Waals surface area contributed by atoms with Gasteiger partial charge in [-0.25, -0.2) is 0 Å². The molecule has 0 spiro atoms. The van der Waals surface area contributed by atoms with Crippen molar-refractivity contribution in [3.05, 3.63) is 27.7 Å².